The molecule has 0 amide bonds. The number of halogens is 1. The van der Waals surface area contributed by atoms with E-state index in [1.807, 2.05) is 6.07 Å². The molecule has 1 aliphatic rings. The number of pyridine rings is 1. The third-order valence-electron chi connectivity index (χ3n) is 3.00. The van der Waals surface area contributed by atoms with Gasteiger partial charge in [0.15, 0.2) is 5.78 Å². The molecule has 0 aliphatic carbocycles. The first kappa shape index (κ1) is 13.6. The summed E-state index contributed by atoms with van der Waals surface area (Å²) in [6, 6.07) is 1.95. The second-order valence-corrected chi connectivity index (χ2v) is 5.52. The molecule has 18 heavy (non-hydrogen) atoms. The molecular weight excluding hydrogens is 294 g/mol. The van der Waals surface area contributed by atoms with Gasteiger partial charge in [0, 0.05) is 36.4 Å². The third-order valence-corrected chi connectivity index (χ3v) is 3.43. The minimum atomic E-state index is 0.261. The lowest BCUT2D eigenvalue weighted by molar-refractivity contribution is -0.119. The van der Waals surface area contributed by atoms with Crippen LogP contribution in [-0.2, 0) is 11.2 Å². The molecule has 98 valence electrons. The fourth-order valence-corrected chi connectivity index (χ4v) is 2.56. The van der Waals surface area contributed by atoms with E-state index in [0.717, 1.165) is 42.6 Å². The van der Waals surface area contributed by atoms with E-state index in [1.54, 1.807) is 12.4 Å². The molecule has 0 aromatic carbocycles. The summed E-state index contributed by atoms with van der Waals surface area (Å²) in [5.74, 6) is 0.261. The van der Waals surface area contributed by atoms with E-state index in [4.69, 9.17) is 0 Å². The molecule has 2 rings (SSSR count). The van der Waals surface area contributed by atoms with Crippen molar-refractivity contribution in [2.45, 2.75) is 12.8 Å². The number of Topliss-reactive ketones (excluding diaryl/α,β-unsaturated/α-hetero) is 1. The van der Waals surface area contributed by atoms with Crippen LogP contribution in [-0.4, -0.2) is 48.4 Å². The van der Waals surface area contributed by atoms with Crippen molar-refractivity contribution >= 4 is 21.7 Å². The smallest absolute Gasteiger partial charge is 0.151 e. The van der Waals surface area contributed by atoms with Crippen LogP contribution in [0.1, 0.15) is 12.0 Å². The van der Waals surface area contributed by atoms with Gasteiger partial charge < -0.3 is 5.32 Å². The van der Waals surface area contributed by atoms with Gasteiger partial charge in [0.2, 0.25) is 0 Å². The van der Waals surface area contributed by atoms with Crippen LogP contribution in [0, 0.1) is 0 Å². The van der Waals surface area contributed by atoms with Crippen molar-refractivity contribution in [2.24, 2.45) is 0 Å². The maximum absolute atomic E-state index is 12.0. The minimum absolute atomic E-state index is 0.261. The number of ketones is 1. The van der Waals surface area contributed by atoms with Gasteiger partial charge in [0.1, 0.15) is 0 Å². The van der Waals surface area contributed by atoms with Crippen LogP contribution in [0.2, 0.25) is 0 Å². The molecule has 4 nitrogen and oxygen atoms in total. The zero-order valence-corrected chi connectivity index (χ0v) is 11.9. The van der Waals surface area contributed by atoms with Crippen molar-refractivity contribution in [3.05, 3.63) is 28.5 Å². The van der Waals surface area contributed by atoms with Gasteiger partial charge in [-0.05, 0) is 47.1 Å². The summed E-state index contributed by atoms with van der Waals surface area (Å²) in [5, 5.41) is 3.34. The summed E-state index contributed by atoms with van der Waals surface area (Å²) >= 11 is 3.37. The number of nitrogens with zero attached hydrogens (tertiary/aromatic N) is 2. The van der Waals surface area contributed by atoms with Crippen molar-refractivity contribution in [2.75, 3.05) is 32.7 Å². The Bertz CT molecular complexity index is 403. The largest absolute Gasteiger partial charge is 0.315 e. The van der Waals surface area contributed by atoms with E-state index in [0.29, 0.717) is 13.0 Å². The average Bonchev–Trinajstić information content (AvgIpc) is 2.57. The van der Waals surface area contributed by atoms with Gasteiger partial charge in [-0.1, -0.05) is 0 Å². The molecule has 0 unspecified atom stereocenters. The Kier molecular flexibility index (Phi) is 5.28. The van der Waals surface area contributed by atoms with Crippen molar-refractivity contribution in [1.82, 2.24) is 15.2 Å². The van der Waals surface area contributed by atoms with Crippen molar-refractivity contribution < 1.29 is 4.79 Å². The van der Waals surface area contributed by atoms with E-state index >= 15 is 0 Å². The van der Waals surface area contributed by atoms with E-state index in [2.05, 4.69) is 31.1 Å². The molecule has 1 aliphatic heterocycles. The summed E-state index contributed by atoms with van der Waals surface area (Å²) in [7, 11) is 0. The van der Waals surface area contributed by atoms with Crippen molar-refractivity contribution in [3.63, 3.8) is 0 Å². The maximum Gasteiger partial charge on any atom is 0.151 e. The summed E-state index contributed by atoms with van der Waals surface area (Å²) in [5.41, 5.74) is 0.974. The van der Waals surface area contributed by atoms with Crippen molar-refractivity contribution in [1.29, 1.82) is 0 Å². The molecule has 1 saturated heterocycles. The first-order valence-corrected chi connectivity index (χ1v) is 7.07. The highest BCUT2D eigenvalue weighted by Gasteiger charge is 2.13. The Morgan fingerprint density at radius 1 is 1.39 bits per heavy atom. The van der Waals surface area contributed by atoms with E-state index < -0.39 is 0 Å². The number of carbonyl (C=O) groups excluding carboxylic acids is 1. The molecule has 0 atom stereocenters. The Morgan fingerprint density at radius 3 is 3.11 bits per heavy atom. The Hall–Kier alpha value is -0.780. The number of nitrogens with one attached hydrogen (secondary N) is 1. The van der Waals surface area contributed by atoms with Gasteiger partial charge in [-0.25, -0.2) is 0 Å². The van der Waals surface area contributed by atoms with Crippen LogP contribution >= 0.6 is 15.9 Å². The first-order valence-electron chi connectivity index (χ1n) is 6.28. The molecule has 2 heterocycles. The summed E-state index contributed by atoms with van der Waals surface area (Å²) in [6.07, 6.45) is 5.07. The van der Waals surface area contributed by atoms with E-state index in [-0.39, 0.29) is 5.78 Å². The molecule has 0 spiro atoms. The molecule has 1 aromatic heterocycles. The Morgan fingerprint density at radius 2 is 2.28 bits per heavy atom. The first-order chi connectivity index (χ1) is 8.74. The number of aromatic nitrogens is 1. The normalized spacial score (nSPS) is 17.4. The van der Waals surface area contributed by atoms with E-state index in [9.17, 15) is 4.79 Å². The van der Waals surface area contributed by atoms with Gasteiger partial charge >= 0.3 is 0 Å². The predicted molar refractivity (Wildman–Crippen MR) is 74.6 cm³/mol. The predicted octanol–water partition coefficient (Wildman–Crippen LogP) is 1.25. The van der Waals surface area contributed by atoms with Gasteiger partial charge in [0.25, 0.3) is 0 Å². The zero-order valence-electron chi connectivity index (χ0n) is 10.4. The van der Waals surface area contributed by atoms with Crippen LogP contribution in [0.4, 0.5) is 0 Å². The third kappa shape index (κ3) is 4.48. The summed E-state index contributed by atoms with van der Waals surface area (Å²) in [4.78, 5) is 18.3. The molecule has 0 radical (unpaired) electrons. The lowest BCUT2D eigenvalue weighted by Crippen LogP contribution is -2.33. The monoisotopic (exact) mass is 311 g/mol. The fourth-order valence-electron chi connectivity index (χ4n) is 2.15. The van der Waals surface area contributed by atoms with Gasteiger partial charge in [-0.2, -0.15) is 0 Å². The van der Waals surface area contributed by atoms with Crippen molar-refractivity contribution in [3.8, 4) is 0 Å². The molecule has 1 aromatic rings. The number of rotatable bonds is 4. The second-order valence-electron chi connectivity index (χ2n) is 4.61. The molecular formula is C13H18BrN3O. The molecule has 1 fully saturated rings. The van der Waals surface area contributed by atoms with E-state index in [1.165, 1.54) is 0 Å². The van der Waals surface area contributed by atoms with Crippen LogP contribution < -0.4 is 5.32 Å². The maximum atomic E-state index is 12.0. The summed E-state index contributed by atoms with van der Waals surface area (Å²) in [6.45, 7) is 4.55. The second kappa shape index (κ2) is 6.97. The fraction of sp³-hybridized carbons (Fsp3) is 0.538. The van der Waals surface area contributed by atoms with Gasteiger partial charge in [-0.3, -0.25) is 14.7 Å². The quantitative estimate of drug-likeness (QED) is 0.909. The number of carbonyl (C=O) groups is 1. The topological polar surface area (TPSA) is 45.2 Å². The van der Waals surface area contributed by atoms with Crippen LogP contribution in [0.15, 0.2) is 22.9 Å². The highest BCUT2D eigenvalue weighted by atomic mass is 79.9. The lowest BCUT2D eigenvalue weighted by atomic mass is 10.1. The SMILES string of the molecule is O=C(Cc1cncc(Br)c1)CN1CCCNCC1. The van der Waals surface area contributed by atoms with Gasteiger partial charge in [0.05, 0.1) is 6.54 Å². The molecule has 0 bridgehead atoms. The highest BCUT2D eigenvalue weighted by Crippen LogP contribution is 2.10. The number of hydrogen-bond acceptors (Lipinski definition) is 4. The number of hydrogen-bond donors (Lipinski definition) is 1. The molecule has 5 heteroatoms. The average molecular weight is 312 g/mol. The summed E-state index contributed by atoms with van der Waals surface area (Å²) < 4.78 is 0.923. The van der Waals surface area contributed by atoms with Gasteiger partial charge in [-0.15, -0.1) is 0 Å². The van der Waals surface area contributed by atoms with Crippen LogP contribution in [0.3, 0.4) is 0 Å². The highest BCUT2D eigenvalue weighted by molar-refractivity contribution is 9.10. The lowest BCUT2D eigenvalue weighted by Gasteiger charge is -2.18. The minimum Gasteiger partial charge on any atom is -0.315 e. The Balaban J connectivity index is 1.84. The van der Waals surface area contributed by atoms with Crippen LogP contribution in [0.25, 0.3) is 0 Å². The zero-order chi connectivity index (χ0) is 12.8. The molecule has 0 saturated carbocycles. The Labute approximate surface area is 116 Å². The van der Waals surface area contributed by atoms with Crippen LogP contribution in [0.5, 0.6) is 0 Å². The standard InChI is InChI=1S/C13H18BrN3O/c14-12-6-11(8-16-9-12)7-13(18)10-17-4-1-2-15-3-5-17/h6,8-9,15H,1-5,7,10H2. The molecule has 1 N–H and O–H groups in total.